The van der Waals surface area contributed by atoms with Gasteiger partial charge in [0.2, 0.25) is 0 Å². The molecule has 0 aliphatic carbocycles. The van der Waals surface area contributed by atoms with E-state index in [1.165, 1.54) is 16.2 Å². The predicted molar refractivity (Wildman–Crippen MR) is 125 cm³/mol. The van der Waals surface area contributed by atoms with Crippen LogP contribution in [0.4, 0.5) is 0 Å². The molecule has 0 radical (unpaired) electrons. The van der Waals surface area contributed by atoms with E-state index in [1.54, 1.807) is 18.6 Å². The first-order valence-electron chi connectivity index (χ1n) is 10.5. The molecule has 0 amide bonds. The van der Waals surface area contributed by atoms with Gasteiger partial charge in [-0.1, -0.05) is 72.8 Å². The number of rotatable bonds is 4. The summed E-state index contributed by atoms with van der Waals surface area (Å²) in [5.41, 5.74) is 1.50. The van der Waals surface area contributed by atoms with Gasteiger partial charge in [-0.3, -0.25) is 4.98 Å². The fraction of sp³-hybridized carbons (Fsp3) is 0.0357. The first-order valence-corrected chi connectivity index (χ1v) is 10.5. The van der Waals surface area contributed by atoms with Gasteiger partial charge in [0, 0.05) is 16.3 Å². The van der Waals surface area contributed by atoms with Crippen molar-refractivity contribution in [3.63, 3.8) is 0 Å². The topological polar surface area (TPSA) is 43.1 Å². The lowest BCUT2D eigenvalue weighted by molar-refractivity contribution is -0.691. The minimum atomic E-state index is -0.427. The Morgan fingerprint density at radius 3 is 2.31 bits per heavy atom. The zero-order valence-electron chi connectivity index (χ0n) is 17.2. The SMILES string of the molecule is O=C(Oc1ccc2ccc3cccc4ccc1c2c34)c1cncc[n+]1Cc1ccccc1. The van der Waals surface area contributed by atoms with Crippen LogP contribution in [0, 0.1) is 0 Å². The van der Waals surface area contributed by atoms with E-state index >= 15 is 0 Å². The van der Waals surface area contributed by atoms with Crippen molar-refractivity contribution in [1.29, 1.82) is 0 Å². The highest BCUT2D eigenvalue weighted by Gasteiger charge is 2.23. The Bertz CT molecular complexity index is 1580. The summed E-state index contributed by atoms with van der Waals surface area (Å²) in [6.07, 6.45) is 5.03. The Labute approximate surface area is 184 Å². The lowest BCUT2D eigenvalue weighted by atomic mass is 9.94. The van der Waals surface area contributed by atoms with Crippen molar-refractivity contribution in [1.82, 2.24) is 4.98 Å². The molecule has 4 heteroatoms. The summed E-state index contributed by atoms with van der Waals surface area (Å²) in [5, 5.41) is 6.73. The van der Waals surface area contributed by atoms with Crippen molar-refractivity contribution in [3.8, 4) is 5.75 Å². The summed E-state index contributed by atoms with van der Waals surface area (Å²) in [5.74, 6) is 0.125. The van der Waals surface area contributed by atoms with Crippen molar-refractivity contribution in [2.45, 2.75) is 6.54 Å². The molecule has 4 nitrogen and oxygen atoms in total. The molecule has 1 aromatic heterocycles. The standard InChI is InChI=1S/C28H19N2O2/c31-28(24-17-29-15-16-30(24)18-19-5-2-1-3-6-19)32-25-14-12-22-10-9-20-7-4-8-21-11-13-23(25)27(22)26(20)21/h1-17H,18H2/q+1. The van der Waals surface area contributed by atoms with Crippen molar-refractivity contribution < 1.29 is 14.1 Å². The van der Waals surface area contributed by atoms with E-state index in [2.05, 4.69) is 41.4 Å². The number of ether oxygens (including phenoxy) is 1. The Morgan fingerprint density at radius 2 is 1.50 bits per heavy atom. The molecule has 5 aromatic carbocycles. The van der Waals surface area contributed by atoms with E-state index in [4.69, 9.17) is 4.74 Å². The van der Waals surface area contributed by atoms with E-state index in [9.17, 15) is 4.79 Å². The normalized spacial score (nSPS) is 11.4. The van der Waals surface area contributed by atoms with Crippen LogP contribution in [0.3, 0.4) is 0 Å². The molecular formula is C28H19N2O2+. The zero-order valence-corrected chi connectivity index (χ0v) is 17.2. The number of esters is 1. The maximum atomic E-state index is 13.2. The molecule has 0 saturated carbocycles. The highest BCUT2D eigenvalue weighted by molar-refractivity contribution is 6.24. The van der Waals surface area contributed by atoms with E-state index in [0.29, 0.717) is 18.0 Å². The quantitative estimate of drug-likeness (QED) is 0.164. The Hall–Kier alpha value is -4.31. The first-order chi connectivity index (χ1) is 15.8. The first kappa shape index (κ1) is 18.5. The number of aromatic nitrogens is 2. The third-order valence-corrected chi connectivity index (χ3v) is 5.94. The van der Waals surface area contributed by atoms with E-state index in [-0.39, 0.29) is 0 Å². The monoisotopic (exact) mass is 415 g/mol. The molecule has 32 heavy (non-hydrogen) atoms. The molecule has 0 aliphatic heterocycles. The fourth-order valence-electron chi connectivity index (χ4n) is 4.42. The van der Waals surface area contributed by atoms with Gasteiger partial charge < -0.3 is 4.74 Å². The average Bonchev–Trinajstić information content (AvgIpc) is 2.84. The van der Waals surface area contributed by atoms with Crippen molar-refractivity contribution in [3.05, 3.63) is 115 Å². The largest absolute Gasteiger partial charge is 0.418 e. The number of nitrogens with zero attached hydrogens (tertiary/aromatic N) is 2. The second-order valence-corrected chi connectivity index (χ2v) is 7.88. The highest BCUT2D eigenvalue weighted by Crippen LogP contribution is 2.38. The molecule has 6 aromatic rings. The van der Waals surface area contributed by atoms with Gasteiger partial charge >= 0.3 is 11.7 Å². The van der Waals surface area contributed by atoms with Gasteiger partial charge in [-0.15, -0.1) is 0 Å². The summed E-state index contributed by atoms with van der Waals surface area (Å²) in [6, 6.07) is 28.6. The van der Waals surface area contributed by atoms with Gasteiger partial charge in [-0.05, 0) is 33.7 Å². The maximum absolute atomic E-state index is 13.2. The smallest absolute Gasteiger partial charge is 0.410 e. The fourth-order valence-corrected chi connectivity index (χ4v) is 4.42. The van der Waals surface area contributed by atoms with Crippen LogP contribution in [-0.2, 0) is 6.54 Å². The lowest BCUT2D eigenvalue weighted by Gasteiger charge is -2.13. The Balaban J connectivity index is 1.42. The third kappa shape index (κ3) is 3.05. The van der Waals surface area contributed by atoms with Gasteiger partial charge in [-0.25, -0.2) is 4.79 Å². The summed E-state index contributed by atoms with van der Waals surface area (Å²) in [4.78, 5) is 17.4. The summed E-state index contributed by atoms with van der Waals surface area (Å²) >= 11 is 0. The van der Waals surface area contributed by atoms with Crippen LogP contribution < -0.4 is 9.30 Å². The molecule has 0 spiro atoms. The number of carbonyl (C=O) groups is 1. The number of carbonyl (C=O) groups excluding carboxylic acids is 1. The van der Waals surface area contributed by atoms with Crippen LogP contribution in [0.1, 0.15) is 16.1 Å². The van der Waals surface area contributed by atoms with Crippen LogP contribution in [0.5, 0.6) is 5.75 Å². The van der Waals surface area contributed by atoms with E-state index in [1.807, 2.05) is 53.1 Å². The molecule has 0 aliphatic rings. The van der Waals surface area contributed by atoms with Gasteiger partial charge in [0.25, 0.3) is 0 Å². The third-order valence-electron chi connectivity index (χ3n) is 5.94. The Kier molecular flexibility index (Phi) is 4.29. The molecule has 0 unspecified atom stereocenters. The molecule has 0 fully saturated rings. The predicted octanol–water partition coefficient (Wildman–Crippen LogP) is 5.53. The summed E-state index contributed by atoms with van der Waals surface area (Å²) in [6.45, 7) is 0.562. The van der Waals surface area contributed by atoms with Crippen molar-refractivity contribution in [2.75, 3.05) is 0 Å². The lowest BCUT2D eigenvalue weighted by Crippen LogP contribution is -2.42. The molecule has 0 bridgehead atoms. The Morgan fingerprint density at radius 1 is 0.781 bits per heavy atom. The van der Waals surface area contributed by atoms with Crippen LogP contribution >= 0.6 is 0 Å². The van der Waals surface area contributed by atoms with Crippen LogP contribution in [-0.4, -0.2) is 11.0 Å². The number of hydrogen-bond acceptors (Lipinski definition) is 3. The van der Waals surface area contributed by atoms with E-state index < -0.39 is 5.97 Å². The minimum absolute atomic E-state index is 0.405. The van der Waals surface area contributed by atoms with Crippen molar-refractivity contribution >= 4 is 38.3 Å². The average molecular weight is 415 g/mol. The summed E-state index contributed by atoms with van der Waals surface area (Å²) < 4.78 is 7.80. The van der Waals surface area contributed by atoms with Crippen LogP contribution in [0.15, 0.2) is 104 Å². The number of hydrogen-bond donors (Lipinski definition) is 0. The van der Waals surface area contributed by atoms with Gasteiger partial charge in [-0.2, -0.15) is 4.57 Å². The minimum Gasteiger partial charge on any atom is -0.418 e. The second kappa shape index (κ2) is 7.43. The molecule has 6 rings (SSSR count). The second-order valence-electron chi connectivity index (χ2n) is 7.88. The summed E-state index contributed by atoms with van der Waals surface area (Å²) in [7, 11) is 0. The molecule has 0 atom stereocenters. The molecular weight excluding hydrogens is 396 g/mol. The molecule has 0 N–H and O–H groups in total. The van der Waals surface area contributed by atoms with Gasteiger partial charge in [0.05, 0.1) is 6.20 Å². The molecule has 1 heterocycles. The highest BCUT2D eigenvalue weighted by atomic mass is 16.5. The zero-order chi connectivity index (χ0) is 21.5. The van der Waals surface area contributed by atoms with Crippen molar-refractivity contribution in [2.24, 2.45) is 0 Å². The van der Waals surface area contributed by atoms with Crippen LogP contribution in [0.2, 0.25) is 0 Å². The van der Waals surface area contributed by atoms with Gasteiger partial charge in [0.15, 0.2) is 12.7 Å². The van der Waals surface area contributed by atoms with Crippen LogP contribution in [0.25, 0.3) is 32.3 Å². The van der Waals surface area contributed by atoms with E-state index in [0.717, 1.165) is 21.7 Å². The molecule has 0 saturated heterocycles. The molecule has 152 valence electrons. The maximum Gasteiger partial charge on any atom is 0.410 e. The number of benzene rings is 5. The van der Waals surface area contributed by atoms with Gasteiger partial charge in [0.1, 0.15) is 11.9 Å².